The van der Waals surface area contributed by atoms with Crippen LogP contribution in [0.1, 0.15) is 261 Å². The normalized spacial score (nSPS) is 32.7. The summed E-state index contributed by atoms with van der Waals surface area (Å²) in [5.74, 6) is -8.25. The van der Waals surface area contributed by atoms with Crippen LogP contribution in [0, 0.1) is 23.7 Å². The maximum Gasteiger partial charge on any atom is 0.305 e. The van der Waals surface area contributed by atoms with Crippen LogP contribution in [0.25, 0.3) is 0 Å². The fourth-order valence-electron chi connectivity index (χ4n) is 18.9. The number of rotatable bonds is 43. The molecule has 22 nitrogen and oxygen atoms in total. The van der Waals surface area contributed by atoms with Crippen LogP contribution in [0.2, 0.25) is 90.7 Å². The lowest BCUT2D eigenvalue weighted by Gasteiger charge is -2.56. The van der Waals surface area contributed by atoms with E-state index in [-0.39, 0.29) is 102 Å². The Morgan fingerprint density at radius 2 is 1.17 bits per heavy atom. The van der Waals surface area contributed by atoms with E-state index in [0.717, 1.165) is 48.3 Å². The molecule has 6 rings (SSSR count). The molecule has 3 N–H and O–H groups in total. The molecule has 6 aliphatic heterocycles. The van der Waals surface area contributed by atoms with Crippen molar-refractivity contribution in [3.63, 3.8) is 0 Å². The van der Waals surface area contributed by atoms with Crippen LogP contribution in [-0.4, -0.2) is 215 Å². The highest BCUT2D eigenvalue weighted by atomic mass is 28.4. The zero-order valence-electron chi connectivity index (χ0n) is 80.9. The molecular formula is C94H170O22Si5. The van der Waals surface area contributed by atoms with Crippen LogP contribution in [0.5, 0.6) is 0 Å². The molecule has 0 aromatic carbocycles. The summed E-state index contributed by atoms with van der Waals surface area (Å²) in [7, 11) is -8.57. The van der Waals surface area contributed by atoms with Crippen molar-refractivity contribution in [2.75, 3.05) is 14.2 Å². The van der Waals surface area contributed by atoms with Gasteiger partial charge in [-0.05, 0) is 136 Å². The predicted molar refractivity (Wildman–Crippen MR) is 492 cm³/mol. The standard InChI is InChI=1S/C94H170O22Si5/c1-34-41-45-71(112-117(28,29)88(16,17)18)48-62(8)49-80-84(101)83(100)67(13)86(106-80)87(115-120(35-2,36-3)37-4)94(103-27)60-81(114-119(32,33)90(22,23)24)66(12)79(111-94)47-44-42-43-46-70-51-77(113-118(30,31)89(19,20)21)59-92(107-70)57-74(102-26)52-72(108-92)54-78(97)65(11)85(105-69(15)96)64(10)63(9)50-76-56-91(25,116-121(38-5,39-6)40-7)61-93(110-76)58-75(104-68(14)95)53-73(109-93)55-82(98)99/h34,41,43,45-46,64-67,70-77,79-81,83-87,100-101H,1,8-9,35-40,42,44,47-61H2,2-7,10-33H3,(H,98,99)/b45-41+,46-43-/t64-,65-,66+,67-,70+,71-,72+,73-,74+,75+,76+,77+,79-,80-,81+,83-,84-,85+,86-,87+,91+,92+,93-,94-/m1/s1. The molecule has 0 radical (unpaired) electrons. The van der Waals surface area contributed by atoms with Crippen LogP contribution < -0.4 is 0 Å². The Hall–Kier alpha value is -2.74. The van der Waals surface area contributed by atoms with Gasteiger partial charge in [-0.25, -0.2) is 0 Å². The highest BCUT2D eigenvalue weighted by molar-refractivity contribution is 6.75. The van der Waals surface area contributed by atoms with Gasteiger partial charge >= 0.3 is 17.9 Å². The molecule has 2 spiro atoms. The third kappa shape index (κ3) is 28.1. The largest absolute Gasteiger partial charge is 0.481 e. The molecule has 0 bridgehead atoms. The van der Waals surface area contributed by atoms with Crippen molar-refractivity contribution in [1.82, 2.24) is 0 Å². The number of carboxylic acid groups (broad SMARTS) is 1. The predicted octanol–water partition coefficient (Wildman–Crippen LogP) is 20.7. The molecule has 698 valence electrons. The van der Waals surface area contributed by atoms with Gasteiger partial charge in [-0.1, -0.05) is 193 Å². The number of carbonyl (C=O) groups is 4. The first-order valence-corrected chi connectivity index (χ1v) is 60.0. The minimum absolute atomic E-state index is 0.0189. The van der Waals surface area contributed by atoms with Gasteiger partial charge in [-0.2, -0.15) is 0 Å². The number of ketones is 1. The summed E-state index contributed by atoms with van der Waals surface area (Å²) >= 11 is 0. The van der Waals surface area contributed by atoms with Crippen molar-refractivity contribution >= 4 is 65.3 Å². The number of aliphatic hydroxyl groups excluding tert-OH is 2. The quantitative estimate of drug-likeness (QED) is 0.0168. The van der Waals surface area contributed by atoms with Crippen molar-refractivity contribution in [3.05, 3.63) is 61.3 Å². The Labute approximate surface area is 736 Å². The van der Waals surface area contributed by atoms with E-state index in [1.165, 1.54) is 13.8 Å². The van der Waals surface area contributed by atoms with Crippen LogP contribution in [0.4, 0.5) is 0 Å². The van der Waals surface area contributed by atoms with Gasteiger partial charge in [0.05, 0.1) is 91.2 Å². The topological polar surface area (TPSA) is 267 Å². The van der Waals surface area contributed by atoms with E-state index in [9.17, 15) is 29.7 Å². The first-order valence-electron chi connectivity index (χ1n) is 46.2. The summed E-state index contributed by atoms with van der Waals surface area (Å²) in [6.45, 7) is 72.8. The van der Waals surface area contributed by atoms with Crippen molar-refractivity contribution in [2.24, 2.45) is 23.7 Å². The number of ether oxygens (including phenoxy) is 10. The van der Waals surface area contributed by atoms with E-state index in [4.69, 9.17) is 69.5 Å². The van der Waals surface area contributed by atoms with Crippen LogP contribution >= 0.6 is 0 Å². The lowest BCUT2D eigenvalue weighted by atomic mass is 9.78. The van der Waals surface area contributed by atoms with Gasteiger partial charge in [-0.3, -0.25) is 19.2 Å². The molecule has 24 atom stereocenters. The number of unbranched alkanes of at least 4 members (excludes halogenated alkanes) is 1. The number of carbonyl (C=O) groups excluding carboxylic acids is 3. The van der Waals surface area contributed by atoms with Crippen molar-refractivity contribution < 1.29 is 104 Å². The van der Waals surface area contributed by atoms with Crippen LogP contribution in [0.15, 0.2) is 61.3 Å². The number of methoxy groups -OCH3 is 2. The van der Waals surface area contributed by atoms with E-state index in [1.54, 1.807) is 27.2 Å². The summed E-state index contributed by atoms with van der Waals surface area (Å²) in [5, 5.41) is 34.3. The highest BCUT2D eigenvalue weighted by Crippen LogP contribution is 2.53. The maximum atomic E-state index is 15.2. The van der Waals surface area contributed by atoms with E-state index in [1.807, 2.05) is 26.0 Å². The molecule has 121 heavy (non-hydrogen) atoms. The highest BCUT2D eigenvalue weighted by Gasteiger charge is 2.62. The zero-order valence-corrected chi connectivity index (χ0v) is 85.9. The number of aliphatic hydroxyl groups is 2. The van der Waals surface area contributed by atoms with Gasteiger partial charge in [0.25, 0.3) is 0 Å². The molecule has 6 aliphatic rings. The molecular weight excluding hydrogens is 1620 g/mol. The lowest BCUT2D eigenvalue weighted by Crippen LogP contribution is -2.69. The second-order valence-electron chi connectivity index (χ2n) is 42.0. The molecule has 6 saturated heterocycles. The summed E-state index contributed by atoms with van der Waals surface area (Å²) in [5.41, 5.74) is 0.720. The molecule has 0 aliphatic carbocycles. The Bertz CT molecular complexity index is 3390. The number of Topliss-reactive ketones (excluding diaryl/α,β-unsaturated/α-hetero) is 1. The molecule has 0 unspecified atom stereocenters. The number of hydrogen-bond donors (Lipinski definition) is 3. The number of carboxylic acids is 1. The van der Waals surface area contributed by atoms with Crippen molar-refractivity contribution in [3.8, 4) is 0 Å². The summed E-state index contributed by atoms with van der Waals surface area (Å²) < 4.78 is 106. The Morgan fingerprint density at radius 3 is 1.71 bits per heavy atom. The average molecular weight is 1790 g/mol. The maximum absolute atomic E-state index is 15.2. The second kappa shape index (κ2) is 43.8. The van der Waals surface area contributed by atoms with Gasteiger partial charge in [0, 0.05) is 110 Å². The summed E-state index contributed by atoms with van der Waals surface area (Å²) in [4.78, 5) is 53.3. The van der Waals surface area contributed by atoms with E-state index < -0.39 is 167 Å². The fraction of sp³-hybridized carbons (Fsp3) is 0.851. The average Bonchev–Trinajstić information content (AvgIpc) is 0.523. The van der Waals surface area contributed by atoms with Crippen molar-refractivity contribution in [1.29, 1.82) is 0 Å². The first kappa shape index (κ1) is 107. The number of allylic oxidation sites excluding steroid dienone is 3. The minimum Gasteiger partial charge on any atom is -0.481 e. The van der Waals surface area contributed by atoms with Gasteiger partial charge in [0.2, 0.25) is 0 Å². The van der Waals surface area contributed by atoms with Gasteiger partial charge < -0.3 is 84.8 Å². The Kier molecular flexibility index (Phi) is 38.7. The number of esters is 2. The smallest absolute Gasteiger partial charge is 0.305 e. The van der Waals surface area contributed by atoms with E-state index in [2.05, 4.69) is 189 Å². The molecule has 0 aromatic heterocycles. The fourth-order valence-corrected chi connectivity index (χ4v) is 29.0. The van der Waals surface area contributed by atoms with Crippen LogP contribution in [-0.2, 0) is 88.7 Å². The molecule has 0 saturated carbocycles. The molecule has 6 fully saturated rings. The van der Waals surface area contributed by atoms with Gasteiger partial charge in [0.15, 0.2) is 58.9 Å². The third-order valence-electron chi connectivity index (χ3n) is 29.7. The minimum atomic E-state index is -2.57. The summed E-state index contributed by atoms with van der Waals surface area (Å²) in [6, 6.07) is 5.16. The second-order valence-corrected chi connectivity index (χ2v) is 65.7. The van der Waals surface area contributed by atoms with E-state index in [0.29, 0.717) is 63.4 Å². The van der Waals surface area contributed by atoms with Crippen LogP contribution in [0.3, 0.4) is 0 Å². The summed E-state index contributed by atoms with van der Waals surface area (Å²) in [6.07, 6.45) is 5.64. The number of hydrogen-bond acceptors (Lipinski definition) is 21. The zero-order chi connectivity index (χ0) is 91.4. The van der Waals surface area contributed by atoms with Crippen molar-refractivity contribution in [2.45, 2.75) is 473 Å². The Morgan fingerprint density at radius 1 is 0.612 bits per heavy atom. The lowest BCUT2D eigenvalue weighted by molar-refractivity contribution is -0.354. The van der Waals surface area contributed by atoms with E-state index >= 15 is 4.79 Å². The molecule has 27 heteroatoms. The molecule has 0 amide bonds. The third-order valence-corrected chi connectivity index (χ3v) is 52.7. The molecule has 6 heterocycles. The molecule has 0 aromatic rings. The monoisotopic (exact) mass is 1790 g/mol. The number of aliphatic carboxylic acids is 1. The van der Waals surface area contributed by atoms with Gasteiger partial charge in [-0.15, -0.1) is 0 Å². The van der Waals surface area contributed by atoms with Gasteiger partial charge in [0.1, 0.15) is 30.2 Å². The SMILES string of the molecule is C=C/C=C/[C@H](CC(=C)C[C@H]1O[C@@H]([C@H](O[Si](CC)(CC)CC)[C@@]2(OC)C[C@H](O[Si](C)(C)C(C)(C)C)[C@@H](C)[C@@H](CCC/C=C\[C@H]3C[C@H](O[Si](C)(C)C(C)(C)C)C[C@@]4(C[C@@H](OC)C[C@@H](CC(=O)[C@@H](C)[C@@H](OC(C)=O)[C@H](C)C(=C)C[C@H]5C[C@](C)(O[Si](CC)(CC)CC)C[C@@]6(C[C@@H](OC(C)=O)C[C@H](CC(=O)O)O6)O5)O4)O3)O2)[C@H](C)[C@@H](O)[C@@H]1O)O[Si](C)(C)C(C)(C)C. The Balaban J connectivity index is 1.29. The first-order chi connectivity index (χ1) is 55.9.